The topological polar surface area (TPSA) is 44.5 Å². The molecule has 0 saturated carbocycles. The van der Waals surface area contributed by atoms with Gasteiger partial charge in [-0.05, 0) is 67.5 Å². The van der Waals surface area contributed by atoms with Gasteiger partial charge in [0, 0.05) is 72.4 Å². The summed E-state index contributed by atoms with van der Waals surface area (Å²) < 4.78 is 41.5. The summed E-state index contributed by atoms with van der Waals surface area (Å²) in [7, 11) is 0. The number of benzene rings is 2. The van der Waals surface area contributed by atoms with Crippen LogP contribution in [0.1, 0.15) is 49.8 Å². The molecule has 0 bridgehead atoms. The van der Waals surface area contributed by atoms with Gasteiger partial charge in [-0.3, -0.25) is 0 Å². The van der Waals surface area contributed by atoms with Crippen LogP contribution in [0, 0.1) is 5.92 Å². The largest absolute Gasteiger partial charge is 0.416 e. The number of hydrogen-bond acceptors (Lipinski definition) is 5. The highest BCUT2D eigenvalue weighted by Gasteiger charge is 2.34. The molecule has 2 fully saturated rings. The highest BCUT2D eigenvalue weighted by atomic mass is 32.2. The number of nitrogens with two attached hydrogens (primary N) is 1. The second-order valence-electron chi connectivity index (χ2n) is 10.3. The number of piperidine rings is 1. The third-order valence-electron chi connectivity index (χ3n) is 8.04. The van der Waals surface area contributed by atoms with Crippen LogP contribution < -0.4 is 16.0 Å². The zero-order valence-electron chi connectivity index (χ0n) is 20.5. The molecule has 2 saturated heterocycles. The third kappa shape index (κ3) is 5.16. The van der Waals surface area contributed by atoms with Crippen LogP contribution in [0.2, 0.25) is 0 Å². The van der Waals surface area contributed by atoms with Crippen LogP contribution in [-0.2, 0) is 12.6 Å². The van der Waals surface area contributed by atoms with Crippen LogP contribution >= 0.6 is 11.8 Å². The molecule has 2 unspecified atom stereocenters. The molecular formula is C27H35F3N4S. The van der Waals surface area contributed by atoms with E-state index in [0.717, 1.165) is 54.4 Å². The third-order valence-corrected chi connectivity index (χ3v) is 9.22. The molecule has 35 heavy (non-hydrogen) atoms. The molecule has 4 nitrogen and oxygen atoms in total. The lowest BCUT2D eigenvalue weighted by Crippen LogP contribution is -2.41. The Morgan fingerprint density at radius 2 is 1.80 bits per heavy atom. The van der Waals surface area contributed by atoms with E-state index in [4.69, 9.17) is 5.73 Å². The van der Waals surface area contributed by atoms with Gasteiger partial charge in [-0.1, -0.05) is 24.8 Å². The molecule has 2 aromatic rings. The van der Waals surface area contributed by atoms with Gasteiger partial charge in [0.25, 0.3) is 0 Å². The first-order chi connectivity index (χ1) is 16.7. The maximum absolute atomic E-state index is 13.8. The van der Waals surface area contributed by atoms with Crippen molar-refractivity contribution in [3.8, 4) is 0 Å². The second kappa shape index (κ2) is 9.87. The lowest BCUT2D eigenvalue weighted by atomic mass is 9.97. The Morgan fingerprint density at radius 1 is 1.03 bits per heavy atom. The molecule has 0 spiro atoms. The molecule has 3 aliphatic heterocycles. The lowest BCUT2D eigenvalue weighted by molar-refractivity contribution is -0.137. The number of fused-ring (bicyclic) bond motifs is 2. The van der Waals surface area contributed by atoms with Crippen molar-refractivity contribution in [2.24, 2.45) is 11.7 Å². The van der Waals surface area contributed by atoms with Gasteiger partial charge in [-0.2, -0.15) is 13.2 Å². The van der Waals surface area contributed by atoms with Gasteiger partial charge in [0.05, 0.1) is 5.56 Å². The van der Waals surface area contributed by atoms with Crippen LogP contribution in [0.4, 0.5) is 24.5 Å². The standard InChI is InChI=1S/C27H35F3N4S/c1-17-5-11-34(18(17)2)22-4-3-19-13-23-24(32-21-6-9-33(10-7-21)12-8-31)14-20(27(28,29)30)15-26(23)35-25(19)16-22/h3-4,14-18,21,32H,5-13,31H2,1-2H3. The van der Waals surface area contributed by atoms with E-state index in [1.165, 1.54) is 41.6 Å². The predicted molar refractivity (Wildman–Crippen MR) is 138 cm³/mol. The van der Waals surface area contributed by atoms with Crippen molar-refractivity contribution >= 4 is 23.1 Å². The van der Waals surface area contributed by atoms with Crippen molar-refractivity contribution in [3.05, 3.63) is 47.0 Å². The Balaban J connectivity index is 1.42. The zero-order valence-corrected chi connectivity index (χ0v) is 21.3. The number of nitrogens with zero attached hydrogens (tertiary/aromatic N) is 2. The SMILES string of the molecule is CC1CCN(c2ccc3c(c2)Sc2cc(C(F)(F)F)cc(NC4CCN(CCN)CC4)c2C3)C1C. The van der Waals surface area contributed by atoms with E-state index < -0.39 is 11.7 Å². The number of anilines is 2. The highest BCUT2D eigenvalue weighted by Crippen LogP contribution is 2.47. The van der Waals surface area contributed by atoms with Crippen LogP contribution in [-0.4, -0.2) is 49.7 Å². The van der Waals surface area contributed by atoms with Gasteiger partial charge in [-0.15, -0.1) is 0 Å². The molecule has 5 rings (SSSR count). The van der Waals surface area contributed by atoms with Crippen molar-refractivity contribution < 1.29 is 13.2 Å². The average molecular weight is 505 g/mol. The quantitative estimate of drug-likeness (QED) is 0.458. The van der Waals surface area contributed by atoms with E-state index in [9.17, 15) is 13.2 Å². The fourth-order valence-corrected chi connectivity index (χ4v) is 6.82. The van der Waals surface area contributed by atoms with Gasteiger partial charge in [0.2, 0.25) is 0 Å². The summed E-state index contributed by atoms with van der Waals surface area (Å²) in [6, 6.07) is 9.83. The first-order valence-corrected chi connectivity index (χ1v) is 13.5. The average Bonchev–Trinajstić information content (AvgIpc) is 3.16. The number of hydrogen-bond donors (Lipinski definition) is 2. The van der Waals surface area contributed by atoms with Crippen molar-refractivity contribution in [2.45, 2.75) is 67.6 Å². The minimum atomic E-state index is -4.38. The van der Waals surface area contributed by atoms with Crippen molar-refractivity contribution in [2.75, 3.05) is 42.9 Å². The fourth-order valence-electron chi connectivity index (χ4n) is 5.65. The molecular weight excluding hydrogens is 469 g/mol. The van der Waals surface area contributed by atoms with Crippen LogP contribution in [0.25, 0.3) is 0 Å². The molecule has 3 aliphatic rings. The number of nitrogens with one attached hydrogen (secondary N) is 1. The summed E-state index contributed by atoms with van der Waals surface area (Å²) in [6.45, 7) is 8.91. The molecule has 3 N–H and O–H groups in total. The molecule has 2 atom stereocenters. The Kier molecular flexibility index (Phi) is 6.98. The number of halogens is 3. The van der Waals surface area contributed by atoms with Gasteiger partial charge in [0.15, 0.2) is 0 Å². The summed E-state index contributed by atoms with van der Waals surface area (Å²) in [5.41, 5.74) is 9.08. The molecule has 0 radical (unpaired) electrons. The summed E-state index contributed by atoms with van der Waals surface area (Å²) in [5, 5.41) is 3.50. The van der Waals surface area contributed by atoms with E-state index in [-0.39, 0.29) is 6.04 Å². The van der Waals surface area contributed by atoms with Gasteiger partial charge in [0.1, 0.15) is 0 Å². The van der Waals surface area contributed by atoms with Crippen LogP contribution in [0.3, 0.4) is 0 Å². The summed E-state index contributed by atoms with van der Waals surface area (Å²) in [5.74, 6) is 0.643. The molecule has 0 amide bonds. The van der Waals surface area contributed by atoms with Gasteiger partial charge < -0.3 is 20.9 Å². The molecule has 0 aliphatic carbocycles. The van der Waals surface area contributed by atoms with Crippen LogP contribution in [0.15, 0.2) is 40.1 Å². The van der Waals surface area contributed by atoms with Crippen molar-refractivity contribution in [1.29, 1.82) is 0 Å². The van der Waals surface area contributed by atoms with Gasteiger partial charge in [-0.25, -0.2) is 0 Å². The maximum atomic E-state index is 13.8. The first-order valence-electron chi connectivity index (χ1n) is 12.7. The lowest BCUT2D eigenvalue weighted by Gasteiger charge is -2.34. The summed E-state index contributed by atoms with van der Waals surface area (Å²) in [6.07, 6.45) is -0.741. The second-order valence-corrected chi connectivity index (χ2v) is 11.4. The van der Waals surface area contributed by atoms with E-state index >= 15 is 0 Å². The Hall–Kier alpha value is -1.90. The van der Waals surface area contributed by atoms with E-state index in [1.807, 2.05) is 0 Å². The molecule has 3 heterocycles. The monoisotopic (exact) mass is 504 g/mol. The minimum absolute atomic E-state index is 0.170. The molecule has 190 valence electrons. The maximum Gasteiger partial charge on any atom is 0.416 e. The Morgan fingerprint density at radius 3 is 2.46 bits per heavy atom. The Labute approximate surface area is 210 Å². The molecule has 8 heteroatoms. The van der Waals surface area contributed by atoms with Crippen molar-refractivity contribution in [1.82, 2.24) is 4.90 Å². The first kappa shape index (κ1) is 24.8. The number of alkyl halides is 3. The smallest absolute Gasteiger partial charge is 0.382 e. The number of rotatable bonds is 5. The minimum Gasteiger partial charge on any atom is -0.382 e. The van der Waals surface area contributed by atoms with Crippen molar-refractivity contribution in [3.63, 3.8) is 0 Å². The van der Waals surface area contributed by atoms with Crippen LogP contribution in [0.5, 0.6) is 0 Å². The van der Waals surface area contributed by atoms with E-state index in [2.05, 4.69) is 47.2 Å². The summed E-state index contributed by atoms with van der Waals surface area (Å²) in [4.78, 5) is 6.54. The predicted octanol–water partition coefficient (Wildman–Crippen LogP) is 5.83. The highest BCUT2D eigenvalue weighted by molar-refractivity contribution is 7.99. The van der Waals surface area contributed by atoms with Gasteiger partial charge >= 0.3 is 6.18 Å². The fraction of sp³-hybridized carbons (Fsp3) is 0.556. The summed E-state index contributed by atoms with van der Waals surface area (Å²) >= 11 is 1.48. The normalized spacial score (nSPS) is 23.3. The van der Waals surface area contributed by atoms with E-state index in [1.54, 1.807) is 0 Å². The molecule has 2 aromatic carbocycles. The van der Waals surface area contributed by atoms with E-state index in [0.29, 0.717) is 30.6 Å². The number of likely N-dealkylation sites (tertiary alicyclic amines) is 1. The Bertz CT molecular complexity index is 1070. The zero-order chi connectivity index (χ0) is 24.7. The molecule has 0 aromatic heterocycles.